The number of aliphatic carboxylic acids is 1. The van der Waals surface area contributed by atoms with Crippen LogP contribution in [0.1, 0.15) is 24.3 Å². The molecule has 1 aromatic heterocycles. The normalized spacial score (nSPS) is 19.0. The van der Waals surface area contributed by atoms with Gasteiger partial charge in [-0.3, -0.25) is 4.79 Å². The van der Waals surface area contributed by atoms with Crippen LogP contribution >= 0.6 is 11.3 Å². The molecule has 0 saturated heterocycles. The van der Waals surface area contributed by atoms with Crippen molar-refractivity contribution in [2.75, 3.05) is 0 Å². The summed E-state index contributed by atoms with van der Waals surface area (Å²) in [5.41, 5.74) is -0.0972. The fourth-order valence-electron chi connectivity index (χ4n) is 1.39. The summed E-state index contributed by atoms with van der Waals surface area (Å²) in [4.78, 5) is 14.7. The van der Waals surface area contributed by atoms with Gasteiger partial charge in [0.05, 0.1) is 11.4 Å². The lowest BCUT2D eigenvalue weighted by Crippen LogP contribution is -2.12. The molecule has 0 atom stereocenters. The van der Waals surface area contributed by atoms with Crippen LogP contribution in [0.25, 0.3) is 0 Å². The molecular weight excluding hydrogens is 174 g/mol. The predicted molar refractivity (Wildman–Crippen MR) is 45.3 cm³/mol. The zero-order valence-corrected chi connectivity index (χ0v) is 7.30. The number of carbonyl (C=O) groups is 1. The Balaban J connectivity index is 2.17. The second-order valence-corrected chi connectivity index (χ2v) is 4.08. The first-order valence-electron chi connectivity index (χ1n) is 3.85. The molecule has 12 heavy (non-hydrogen) atoms. The summed E-state index contributed by atoms with van der Waals surface area (Å²) in [6.07, 6.45) is 3.93. The average molecular weight is 183 g/mol. The third-order valence-corrected chi connectivity index (χ3v) is 3.25. The van der Waals surface area contributed by atoms with Crippen molar-refractivity contribution in [2.45, 2.75) is 24.7 Å². The number of nitrogens with zero attached hydrogens (tertiary/aromatic N) is 1. The van der Waals surface area contributed by atoms with Crippen molar-refractivity contribution in [3.8, 4) is 0 Å². The van der Waals surface area contributed by atoms with Crippen molar-refractivity contribution < 1.29 is 9.90 Å². The van der Waals surface area contributed by atoms with Crippen LogP contribution in [0.4, 0.5) is 0 Å². The zero-order valence-electron chi connectivity index (χ0n) is 6.49. The highest BCUT2D eigenvalue weighted by atomic mass is 32.1. The zero-order chi connectivity index (χ0) is 8.60. The SMILES string of the molecule is O=C(O)CC1(c2nccs2)CC1. The van der Waals surface area contributed by atoms with Crippen molar-refractivity contribution in [3.63, 3.8) is 0 Å². The Morgan fingerprint density at radius 2 is 2.50 bits per heavy atom. The Bertz CT molecular complexity index is 290. The summed E-state index contributed by atoms with van der Waals surface area (Å²) < 4.78 is 0. The van der Waals surface area contributed by atoms with E-state index in [1.807, 2.05) is 5.38 Å². The monoisotopic (exact) mass is 183 g/mol. The van der Waals surface area contributed by atoms with Crippen LogP contribution < -0.4 is 0 Å². The lowest BCUT2D eigenvalue weighted by Gasteiger charge is -2.06. The summed E-state index contributed by atoms with van der Waals surface area (Å²) in [5, 5.41) is 11.6. The molecule has 0 aliphatic heterocycles. The van der Waals surface area contributed by atoms with E-state index in [0.717, 1.165) is 17.8 Å². The number of aromatic nitrogens is 1. The van der Waals surface area contributed by atoms with E-state index < -0.39 is 5.97 Å². The third kappa shape index (κ3) is 1.22. The van der Waals surface area contributed by atoms with Crippen molar-refractivity contribution in [3.05, 3.63) is 16.6 Å². The molecule has 1 aromatic rings. The molecule has 1 N–H and O–H groups in total. The van der Waals surface area contributed by atoms with Gasteiger partial charge >= 0.3 is 5.97 Å². The maximum absolute atomic E-state index is 10.5. The van der Waals surface area contributed by atoms with Gasteiger partial charge in [0.2, 0.25) is 0 Å². The van der Waals surface area contributed by atoms with E-state index >= 15 is 0 Å². The van der Waals surface area contributed by atoms with E-state index in [0.29, 0.717) is 0 Å². The van der Waals surface area contributed by atoms with Gasteiger partial charge in [0.1, 0.15) is 0 Å². The van der Waals surface area contributed by atoms with Gasteiger partial charge in [-0.2, -0.15) is 0 Å². The Kier molecular flexibility index (Phi) is 1.65. The van der Waals surface area contributed by atoms with E-state index in [4.69, 9.17) is 5.11 Å². The molecule has 1 fully saturated rings. The number of carboxylic acid groups (broad SMARTS) is 1. The van der Waals surface area contributed by atoms with Crippen LogP contribution in [-0.4, -0.2) is 16.1 Å². The number of hydrogen-bond donors (Lipinski definition) is 1. The average Bonchev–Trinajstić information content (AvgIpc) is 2.61. The van der Waals surface area contributed by atoms with Gasteiger partial charge in [0.25, 0.3) is 0 Å². The Labute approximate surface area is 74.1 Å². The van der Waals surface area contributed by atoms with Crippen LogP contribution in [0.5, 0.6) is 0 Å². The third-order valence-electron chi connectivity index (χ3n) is 2.23. The second-order valence-electron chi connectivity index (χ2n) is 3.19. The number of hydrogen-bond acceptors (Lipinski definition) is 3. The van der Waals surface area contributed by atoms with Crippen LogP contribution in [-0.2, 0) is 10.2 Å². The van der Waals surface area contributed by atoms with Crippen molar-refractivity contribution in [2.24, 2.45) is 0 Å². The van der Waals surface area contributed by atoms with Crippen LogP contribution in [0.15, 0.2) is 11.6 Å². The first-order chi connectivity index (χ1) is 5.73. The Morgan fingerprint density at radius 3 is 2.92 bits per heavy atom. The molecule has 1 aliphatic rings. The molecule has 1 aliphatic carbocycles. The molecule has 0 amide bonds. The molecule has 1 heterocycles. The molecule has 0 bridgehead atoms. The fourth-order valence-corrected chi connectivity index (χ4v) is 2.29. The van der Waals surface area contributed by atoms with Crippen molar-refractivity contribution in [1.82, 2.24) is 4.98 Å². The minimum Gasteiger partial charge on any atom is -0.481 e. The predicted octanol–water partition coefficient (Wildman–Crippen LogP) is 1.65. The van der Waals surface area contributed by atoms with Gasteiger partial charge in [0, 0.05) is 17.0 Å². The number of carboxylic acids is 1. The molecule has 4 heteroatoms. The van der Waals surface area contributed by atoms with Crippen LogP contribution in [0.2, 0.25) is 0 Å². The summed E-state index contributed by atoms with van der Waals surface area (Å²) in [5.74, 6) is -0.720. The van der Waals surface area contributed by atoms with E-state index in [-0.39, 0.29) is 11.8 Å². The smallest absolute Gasteiger partial charge is 0.304 e. The molecule has 0 radical (unpaired) electrons. The molecule has 2 rings (SSSR count). The lowest BCUT2D eigenvalue weighted by molar-refractivity contribution is -0.137. The summed E-state index contributed by atoms with van der Waals surface area (Å²) in [6, 6.07) is 0. The van der Waals surface area contributed by atoms with Gasteiger partial charge in [-0.05, 0) is 12.8 Å². The maximum Gasteiger partial charge on any atom is 0.304 e. The van der Waals surface area contributed by atoms with Gasteiger partial charge < -0.3 is 5.11 Å². The minimum absolute atomic E-state index is 0.0972. The summed E-state index contributed by atoms with van der Waals surface area (Å²) >= 11 is 1.56. The van der Waals surface area contributed by atoms with E-state index in [2.05, 4.69) is 4.98 Å². The van der Waals surface area contributed by atoms with Crippen LogP contribution in [0.3, 0.4) is 0 Å². The van der Waals surface area contributed by atoms with Crippen molar-refractivity contribution >= 4 is 17.3 Å². The summed E-state index contributed by atoms with van der Waals surface area (Å²) in [6.45, 7) is 0. The van der Waals surface area contributed by atoms with E-state index in [1.165, 1.54) is 0 Å². The number of thiazole rings is 1. The first kappa shape index (κ1) is 7.73. The summed E-state index contributed by atoms with van der Waals surface area (Å²) in [7, 11) is 0. The first-order valence-corrected chi connectivity index (χ1v) is 4.73. The minimum atomic E-state index is -0.720. The fraction of sp³-hybridized carbons (Fsp3) is 0.500. The lowest BCUT2D eigenvalue weighted by atomic mass is 10.0. The quantitative estimate of drug-likeness (QED) is 0.775. The molecule has 0 aromatic carbocycles. The Hall–Kier alpha value is -0.900. The molecule has 0 unspecified atom stereocenters. The molecule has 64 valence electrons. The van der Waals surface area contributed by atoms with E-state index in [1.54, 1.807) is 17.5 Å². The van der Waals surface area contributed by atoms with Crippen molar-refractivity contribution in [1.29, 1.82) is 0 Å². The van der Waals surface area contributed by atoms with Gasteiger partial charge in [-0.1, -0.05) is 0 Å². The standard InChI is InChI=1S/C8H9NO2S/c10-6(11)5-8(1-2-8)7-9-3-4-12-7/h3-4H,1-2,5H2,(H,10,11). The second kappa shape index (κ2) is 2.55. The van der Waals surface area contributed by atoms with Gasteiger partial charge in [-0.15, -0.1) is 11.3 Å². The van der Waals surface area contributed by atoms with Gasteiger partial charge in [-0.25, -0.2) is 4.98 Å². The number of rotatable bonds is 3. The van der Waals surface area contributed by atoms with Crippen LogP contribution in [0, 0.1) is 0 Å². The molecular formula is C8H9NO2S. The highest BCUT2D eigenvalue weighted by Crippen LogP contribution is 2.51. The van der Waals surface area contributed by atoms with E-state index in [9.17, 15) is 4.79 Å². The molecule has 0 spiro atoms. The Morgan fingerprint density at radius 1 is 1.75 bits per heavy atom. The highest BCUT2D eigenvalue weighted by molar-refractivity contribution is 7.09. The highest BCUT2D eigenvalue weighted by Gasteiger charge is 2.48. The largest absolute Gasteiger partial charge is 0.481 e. The maximum atomic E-state index is 10.5. The topological polar surface area (TPSA) is 50.2 Å². The van der Waals surface area contributed by atoms with Gasteiger partial charge in [0.15, 0.2) is 0 Å². The molecule has 3 nitrogen and oxygen atoms in total. The molecule has 1 saturated carbocycles.